The first-order valence-electron chi connectivity index (χ1n) is 13.3. The molecule has 5 heteroatoms. The summed E-state index contributed by atoms with van der Waals surface area (Å²) < 4.78 is 2.50. The van der Waals surface area contributed by atoms with Crippen LogP contribution in [0, 0.1) is 0 Å². The maximum Gasteiger partial charge on any atom is 0.204 e. The summed E-state index contributed by atoms with van der Waals surface area (Å²) >= 11 is 0. The number of fused-ring (bicyclic) bond motifs is 1. The van der Waals surface area contributed by atoms with Crippen molar-refractivity contribution in [3.63, 3.8) is 0 Å². The number of likely N-dealkylation sites (N-methyl/N-ethyl adjacent to an activating group) is 1. The van der Waals surface area contributed by atoms with Crippen molar-refractivity contribution in [2.24, 2.45) is 0 Å². The van der Waals surface area contributed by atoms with Gasteiger partial charge in [0.05, 0.1) is 11.0 Å². The average molecular weight is 460 g/mol. The van der Waals surface area contributed by atoms with Gasteiger partial charge < -0.3 is 14.8 Å². The molecule has 2 fully saturated rings. The van der Waals surface area contributed by atoms with Crippen molar-refractivity contribution in [1.82, 2.24) is 19.4 Å². The van der Waals surface area contributed by atoms with Crippen LogP contribution in [0.1, 0.15) is 63.0 Å². The van der Waals surface area contributed by atoms with E-state index in [4.69, 9.17) is 4.98 Å². The molecule has 2 heterocycles. The van der Waals surface area contributed by atoms with E-state index in [2.05, 4.69) is 88.4 Å². The maximum atomic E-state index is 4.99. The maximum absolute atomic E-state index is 4.99. The van der Waals surface area contributed by atoms with Gasteiger partial charge in [-0.2, -0.15) is 0 Å². The number of anilines is 1. The Bertz CT molecular complexity index is 1040. The van der Waals surface area contributed by atoms with Gasteiger partial charge in [-0.05, 0) is 57.5 Å². The lowest BCUT2D eigenvalue weighted by Crippen LogP contribution is -2.50. The Morgan fingerprint density at radius 1 is 0.912 bits per heavy atom. The molecule has 2 aliphatic rings. The largest absolute Gasteiger partial charge is 0.354 e. The van der Waals surface area contributed by atoms with Gasteiger partial charge in [0.15, 0.2) is 0 Å². The molecule has 0 atom stereocenters. The van der Waals surface area contributed by atoms with Gasteiger partial charge in [-0.15, -0.1) is 0 Å². The predicted molar refractivity (Wildman–Crippen MR) is 142 cm³/mol. The number of nitrogens with one attached hydrogen (secondary N) is 1. The van der Waals surface area contributed by atoms with Crippen LogP contribution in [0.5, 0.6) is 0 Å². The van der Waals surface area contributed by atoms with Gasteiger partial charge in [0.1, 0.15) is 0 Å². The number of aromatic nitrogens is 2. The number of imidazole rings is 1. The Labute approximate surface area is 205 Å². The first kappa shape index (κ1) is 23.4. The van der Waals surface area contributed by atoms with E-state index in [-0.39, 0.29) is 5.54 Å². The Hall–Kier alpha value is -2.37. The molecule has 5 nitrogen and oxygen atoms in total. The van der Waals surface area contributed by atoms with Gasteiger partial charge in [-0.3, -0.25) is 4.90 Å². The fourth-order valence-corrected chi connectivity index (χ4v) is 6.33. The van der Waals surface area contributed by atoms with Crippen molar-refractivity contribution in [2.45, 2.75) is 62.9 Å². The molecule has 1 saturated heterocycles. The van der Waals surface area contributed by atoms with E-state index < -0.39 is 0 Å². The summed E-state index contributed by atoms with van der Waals surface area (Å²) in [6, 6.07) is 20.5. The second kappa shape index (κ2) is 10.5. The van der Waals surface area contributed by atoms with Crippen LogP contribution in [-0.2, 0) is 5.54 Å². The Kier molecular flexibility index (Phi) is 7.21. The average Bonchev–Trinajstić information content (AvgIpc) is 3.05. The lowest BCUT2D eigenvalue weighted by atomic mass is 9.79. The molecule has 2 aromatic carbocycles. The van der Waals surface area contributed by atoms with Gasteiger partial charge in [-0.25, -0.2) is 4.98 Å². The lowest BCUT2D eigenvalue weighted by Gasteiger charge is -2.48. The first-order chi connectivity index (χ1) is 16.7. The highest BCUT2D eigenvalue weighted by molar-refractivity contribution is 5.78. The molecule has 182 valence electrons. The SMILES string of the molecule is CN(C)CCNc1nc2ccccc2n1C1CCN(C2(c3ccccc3)CCCCCC2)CC1. The fourth-order valence-electron chi connectivity index (χ4n) is 6.33. The summed E-state index contributed by atoms with van der Waals surface area (Å²) in [4.78, 5) is 10.1. The third-order valence-electron chi connectivity index (χ3n) is 8.11. The Morgan fingerprint density at radius 3 is 2.29 bits per heavy atom. The van der Waals surface area contributed by atoms with E-state index in [0.717, 1.165) is 37.6 Å². The summed E-state index contributed by atoms with van der Waals surface area (Å²) in [6.07, 6.45) is 10.4. The van der Waals surface area contributed by atoms with Crippen LogP contribution in [0.4, 0.5) is 5.95 Å². The number of hydrogen-bond acceptors (Lipinski definition) is 4. The molecule has 0 amide bonds. The second-order valence-electron chi connectivity index (χ2n) is 10.6. The molecule has 1 aliphatic heterocycles. The first-order valence-corrected chi connectivity index (χ1v) is 13.3. The van der Waals surface area contributed by atoms with E-state index in [1.165, 1.54) is 62.4 Å². The van der Waals surface area contributed by atoms with E-state index in [9.17, 15) is 0 Å². The third kappa shape index (κ3) is 4.73. The van der Waals surface area contributed by atoms with Crippen LogP contribution in [0.2, 0.25) is 0 Å². The van der Waals surface area contributed by atoms with Crippen LogP contribution in [0.3, 0.4) is 0 Å². The number of hydrogen-bond donors (Lipinski definition) is 1. The Morgan fingerprint density at radius 2 is 1.59 bits per heavy atom. The van der Waals surface area contributed by atoms with Gasteiger partial charge in [0.2, 0.25) is 5.95 Å². The van der Waals surface area contributed by atoms with E-state index in [1.54, 1.807) is 0 Å². The van der Waals surface area contributed by atoms with Crippen molar-refractivity contribution in [3.8, 4) is 0 Å². The molecule has 1 N–H and O–H groups in total. The number of benzene rings is 2. The number of rotatable bonds is 7. The lowest BCUT2D eigenvalue weighted by molar-refractivity contribution is 0.0362. The summed E-state index contributed by atoms with van der Waals surface area (Å²) in [6.45, 7) is 4.22. The van der Waals surface area contributed by atoms with E-state index >= 15 is 0 Å². The van der Waals surface area contributed by atoms with E-state index in [1.807, 2.05) is 0 Å². The van der Waals surface area contributed by atoms with Crippen LogP contribution < -0.4 is 5.32 Å². The molecule has 34 heavy (non-hydrogen) atoms. The monoisotopic (exact) mass is 459 g/mol. The highest BCUT2D eigenvalue weighted by Gasteiger charge is 2.40. The summed E-state index contributed by atoms with van der Waals surface area (Å²) in [5, 5.41) is 3.64. The zero-order chi connectivity index (χ0) is 23.4. The quantitative estimate of drug-likeness (QED) is 0.447. The molecular weight excluding hydrogens is 418 g/mol. The van der Waals surface area contributed by atoms with Crippen molar-refractivity contribution < 1.29 is 0 Å². The molecule has 3 aromatic rings. The highest BCUT2D eigenvalue weighted by atomic mass is 15.3. The van der Waals surface area contributed by atoms with Gasteiger partial charge >= 0.3 is 0 Å². The number of nitrogens with zero attached hydrogens (tertiary/aromatic N) is 4. The minimum absolute atomic E-state index is 0.215. The second-order valence-corrected chi connectivity index (χ2v) is 10.6. The van der Waals surface area contributed by atoms with Crippen molar-refractivity contribution >= 4 is 17.0 Å². The summed E-state index contributed by atoms with van der Waals surface area (Å²) in [5.74, 6) is 1.04. The molecular formula is C29H41N5. The van der Waals surface area contributed by atoms with Crippen molar-refractivity contribution in [3.05, 3.63) is 60.2 Å². The summed E-state index contributed by atoms with van der Waals surface area (Å²) in [7, 11) is 4.24. The van der Waals surface area contributed by atoms with Crippen LogP contribution in [0.25, 0.3) is 11.0 Å². The van der Waals surface area contributed by atoms with Crippen molar-refractivity contribution in [2.75, 3.05) is 45.6 Å². The minimum atomic E-state index is 0.215. The normalized spacial score (nSPS) is 20.0. The highest BCUT2D eigenvalue weighted by Crippen LogP contribution is 2.44. The summed E-state index contributed by atoms with van der Waals surface area (Å²) in [5.41, 5.74) is 4.11. The van der Waals surface area contributed by atoms with Gasteiger partial charge in [-0.1, -0.05) is 68.1 Å². The minimum Gasteiger partial charge on any atom is -0.354 e. The topological polar surface area (TPSA) is 36.3 Å². The Balaban J connectivity index is 1.38. The molecule has 0 bridgehead atoms. The standard InChI is InChI=1S/C29H41N5/c1-32(2)23-20-30-28-31-26-14-8-9-15-27(26)34(28)25-16-21-33(22-17-25)29(18-10-3-4-11-19-29)24-12-6-5-7-13-24/h5-9,12-15,25H,3-4,10-11,16-23H2,1-2H3,(H,30,31). The van der Waals surface area contributed by atoms with Crippen LogP contribution in [0.15, 0.2) is 54.6 Å². The molecule has 1 saturated carbocycles. The molecule has 0 unspecified atom stereocenters. The molecule has 0 radical (unpaired) electrons. The smallest absolute Gasteiger partial charge is 0.204 e. The van der Waals surface area contributed by atoms with Crippen molar-refractivity contribution in [1.29, 1.82) is 0 Å². The molecule has 1 aliphatic carbocycles. The van der Waals surface area contributed by atoms with Gasteiger partial charge in [0, 0.05) is 37.8 Å². The van der Waals surface area contributed by atoms with E-state index in [0.29, 0.717) is 6.04 Å². The zero-order valence-electron chi connectivity index (χ0n) is 21.0. The van der Waals surface area contributed by atoms with Crippen LogP contribution in [-0.4, -0.2) is 59.6 Å². The number of likely N-dealkylation sites (tertiary alicyclic amines) is 1. The fraction of sp³-hybridized carbons (Fsp3) is 0.552. The third-order valence-corrected chi connectivity index (χ3v) is 8.11. The van der Waals surface area contributed by atoms with Crippen LogP contribution >= 0.6 is 0 Å². The number of piperidine rings is 1. The predicted octanol–water partition coefficient (Wildman–Crippen LogP) is 5.90. The molecule has 1 aromatic heterocycles. The van der Waals surface area contributed by atoms with Gasteiger partial charge in [0.25, 0.3) is 0 Å². The molecule has 5 rings (SSSR count). The molecule has 0 spiro atoms. The zero-order valence-corrected chi connectivity index (χ0v) is 21.0. The number of para-hydroxylation sites is 2.